The Morgan fingerprint density at radius 1 is 1.00 bits per heavy atom. The molecule has 0 bridgehead atoms. The standard InChI is InChI=1S/C15H13Cl2I/c1-9-8-13(16)10(2)7-12(9)15(17)11-5-3-4-6-14(11)18/h3-8,15H,1-2H3. The van der Waals surface area contributed by atoms with Crippen molar-refractivity contribution in [3.05, 3.63) is 67.2 Å². The Morgan fingerprint density at radius 2 is 1.67 bits per heavy atom. The van der Waals surface area contributed by atoms with E-state index in [1.807, 2.05) is 32.0 Å². The molecule has 0 amide bonds. The minimum absolute atomic E-state index is 0.130. The first kappa shape index (κ1) is 14.2. The molecule has 0 fully saturated rings. The van der Waals surface area contributed by atoms with Crippen LogP contribution in [0.5, 0.6) is 0 Å². The smallest absolute Gasteiger partial charge is 0.0848 e. The lowest BCUT2D eigenvalue weighted by Gasteiger charge is -2.16. The minimum Gasteiger partial charge on any atom is -0.113 e. The van der Waals surface area contributed by atoms with Gasteiger partial charge in [-0.05, 0) is 70.8 Å². The SMILES string of the molecule is Cc1cc(C(Cl)c2ccccc2I)c(C)cc1Cl. The van der Waals surface area contributed by atoms with Gasteiger partial charge in [-0.25, -0.2) is 0 Å². The molecule has 0 radical (unpaired) electrons. The molecule has 1 unspecified atom stereocenters. The highest BCUT2D eigenvalue weighted by molar-refractivity contribution is 14.1. The third kappa shape index (κ3) is 2.84. The van der Waals surface area contributed by atoms with Gasteiger partial charge in [0.25, 0.3) is 0 Å². The summed E-state index contributed by atoms with van der Waals surface area (Å²) in [5.41, 5.74) is 4.46. The quantitative estimate of drug-likeness (QED) is 0.443. The maximum absolute atomic E-state index is 6.62. The van der Waals surface area contributed by atoms with E-state index in [4.69, 9.17) is 23.2 Å². The lowest BCUT2D eigenvalue weighted by atomic mass is 9.98. The van der Waals surface area contributed by atoms with Crippen LogP contribution in [-0.4, -0.2) is 0 Å². The lowest BCUT2D eigenvalue weighted by molar-refractivity contribution is 1.09. The zero-order chi connectivity index (χ0) is 13.3. The Morgan fingerprint density at radius 3 is 2.33 bits per heavy atom. The molecule has 0 aliphatic heterocycles. The van der Waals surface area contributed by atoms with E-state index in [-0.39, 0.29) is 5.38 Å². The number of alkyl halides is 1. The van der Waals surface area contributed by atoms with Crippen LogP contribution in [0.2, 0.25) is 5.02 Å². The maximum Gasteiger partial charge on any atom is 0.0848 e. The number of aryl methyl sites for hydroxylation is 2. The largest absolute Gasteiger partial charge is 0.113 e. The van der Waals surface area contributed by atoms with Crippen LogP contribution in [0.3, 0.4) is 0 Å². The molecule has 3 heteroatoms. The van der Waals surface area contributed by atoms with E-state index in [1.165, 1.54) is 3.57 Å². The fourth-order valence-corrected chi connectivity index (χ4v) is 3.45. The van der Waals surface area contributed by atoms with Gasteiger partial charge in [-0.15, -0.1) is 11.6 Å². The molecule has 2 rings (SSSR count). The summed E-state index contributed by atoms with van der Waals surface area (Å²) in [6, 6.07) is 12.3. The van der Waals surface area contributed by atoms with Crippen molar-refractivity contribution in [2.24, 2.45) is 0 Å². The molecule has 0 spiro atoms. The van der Waals surface area contributed by atoms with E-state index >= 15 is 0 Å². The minimum atomic E-state index is -0.130. The van der Waals surface area contributed by atoms with Gasteiger partial charge < -0.3 is 0 Å². The molecule has 18 heavy (non-hydrogen) atoms. The lowest BCUT2D eigenvalue weighted by Crippen LogP contribution is -1.99. The zero-order valence-corrected chi connectivity index (χ0v) is 13.8. The molecule has 0 saturated carbocycles. The monoisotopic (exact) mass is 390 g/mol. The number of benzene rings is 2. The molecule has 2 aromatic rings. The number of rotatable bonds is 2. The Labute approximate surface area is 131 Å². The number of hydrogen-bond acceptors (Lipinski definition) is 0. The average Bonchev–Trinajstić information content (AvgIpc) is 2.33. The topological polar surface area (TPSA) is 0 Å². The van der Waals surface area contributed by atoms with E-state index in [2.05, 4.69) is 40.8 Å². The second-order valence-electron chi connectivity index (χ2n) is 4.34. The van der Waals surface area contributed by atoms with E-state index in [9.17, 15) is 0 Å². The summed E-state index contributed by atoms with van der Waals surface area (Å²) in [5.74, 6) is 0. The van der Waals surface area contributed by atoms with Crippen molar-refractivity contribution >= 4 is 45.8 Å². The fraction of sp³-hybridized carbons (Fsp3) is 0.200. The van der Waals surface area contributed by atoms with Crippen molar-refractivity contribution in [1.82, 2.24) is 0 Å². The molecule has 1 atom stereocenters. The van der Waals surface area contributed by atoms with Gasteiger partial charge >= 0.3 is 0 Å². The van der Waals surface area contributed by atoms with Crippen LogP contribution in [0.1, 0.15) is 27.6 Å². The highest BCUT2D eigenvalue weighted by Gasteiger charge is 2.16. The Bertz CT molecular complexity index is 579. The number of hydrogen-bond donors (Lipinski definition) is 0. The average molecular weight is 391 g/mol. The highest BCUT2D eigenvalue weighted by atomic mass is 127. The molecule has 0 nitrogen and oxygen atoms in total. The van der Waals surface area contributed by atoms with E-state index in [1.54, 1.807) is 0 Å². The van der Waals surface area contributed by atoms with Crippen LogP contribution >= 0.6 is 45.8 Å². The molecule has 0 aliphatic rings. The van der Waals surface area contributed by atoms with Gasteiger partial charge in [0.1, 0.15) is 0 Å². The molecule has 0 aliphatic carbocycles. The summed E-state index contributed by atoms with van der Waals surface area (Å²) in [6.45, 7) is 4.05. The Kier molecular flexibility index (Phi) is 4.57. The molecule has 0 heterocycles. The summed E-state index contributed by atoms with van der Waals surface area (Å²) in [7, 11) is 0. The second kappa shape index (κ2) is 5.81. The van der Waals surface area contributed by atoms with Crippen LogP contribution in [0.25, 0.3) is 0 Å². The van der Waals surface area contributed by atoms with Crippen LogP contribution < -0.4 is 0 Å². The maximum atomic E-state index is 6.62. The predicted octanol–water partition coefficient (Wildman–Crippen LogP) is 5.89. The molecule has 94 valence electrons. The van der Waals surface area contributed by atoms with E-state index < -0.39 is 0 Å². The van der Waals surface area contributed by atoms with Gasteiger partial charge in [0.15, 0.2) is 0 Å². The zero-order valence-electron chi connectivity index (χ0n) is 10.2. The first-order chi connectivity index (χ1) is 8.50. The molecule has 0 N–H and O–H groups in total. The van der Waals surface area contributed by atoms with Crippen molar-refractivity contribution in [3.63, 3.8) is 0 Å². The molecule has 2 aromatic carbocycles. The first-order valence-electron chi connectivity index (χ1n) is 5.66. The van der Waals surface area contributed by atoms with Crippen LogP contribution in [0, 0.1) is 17.4 Å². The highest BCUT2D eigenvalue weighted by Crippen LogP contribution is 2.35. The van der Waals surface area contributed by atoms with Gasteiger partial charge in [-0.2, -0.15) is 0 Å². The Balaban J connectivity index is 2.50. The molecule has 0 aromatic heterocycles. The van der Waals surface area contributed by atoms with Crippen molar-refractivity contribution in [1.29, 1.82) is 0 Å². The normalized spacial score (nSPS) is 12.5. The second-order valence-corrected chi connectivity index (χ2v) is 6.35. The van der Waals surface area contributed by atoms with Crippen molar-refractivity contribution in [3.8, 4) is 0 Å². The molecular formula is C15H13Cl2I. The summed E-state index contributed by atoms with van der Waals surface area (Å²) >= 11 is 15.1. The number of halogens is 3. The van der Waals surface area contributed by atoms with E-state index in [0.717, 1.165) is 27.3 Å². The summed E-state index contributed by atoms with van der Waals surface area (Å²) in [6.07, 6.45) is 0. The first-order valence-corrected chi connectivity index (χ1v) is 7.55. The molecular weight excluding hydrogens is 378 g/mol. The van der Waals surface area contributed by atoms with Gasteiger partial charge in [0, 0.05) is 8.59 Å². The van der Waals surface area contributed by atoms with E-state index in [0.29, 0.717) is 0 Å². The summed E-state index contributed by atoms with van der Waals surface area (Å²) < 4.78 is 1.18. The summed E-state index contributed by atoms with van der Waals surface area (Å²) in [5, 5.41) is 0.664. The third-order valence-electron chi connectivity index (χ3n) is 3.00. The fourth-order valence-electron chi connectivity index (χ4n) is 1.92. The predicted molar refractivity (Wildman–Crippen MR) is 87.8 cm³/mol. The van der Waals surface area contributed by atoms with Crippen LogP contribution in [0.15, 0.2) is 36.4 Å². The Hall–Kier alpha value is -0.250. The van der Waals surface area contributed by atoms with Gasteiger partial charge in [-0.3, -0.25) is 0 Å². The van der Waals surface area contributed by atoms with Crippen molar-refractivity contribution in [2.75, 3.05) is 0 Å². The van der Waals surface area contributed by atoms with Gasteiger partial charge in [0.2, 0.25) is 0 Å². The third-order valence-corrected chi connectivity index (χ3v) is 4.86. The van der Waals surface area contributed by atoms with Crippen molar-refractivity contribution < 1.29 is 0 Å². The van der Waals surface area contributed by atoms with Gasteiger partial charge in [-0.1, -0.05) is 35.9 Å². The van der Waals surface area contributed by atoms with Crippen LogP contribution in [-0.2, 0) is 0 Å². The van der Waals surface area contributed by atoms with Crippen LogP contribution in [0.4, 0.5) is 0 Å². The summed E-state index contributed by atoms with van der Waals surface area (Å²) in [4.78, 5) is 0. The molecule has 0 saturated heterocycles. The van der Waals surface area contributed by atoms with Crippen molar-refractivity contribution in [2.45, 2.75) is 19.2 Å². The van der Waals surface area contributed by atoms with Gasteiger partial charge in [0.05, 0.1) is 5.38 Å².